The van der Waals surface area contributed by atoms with E-state index in [1.807, 2.05) is 6.92 Å². The topological polar surface area (TPSA) is 38.3 Å². The smallest absolute Gasteiger partial charge is 0.265 e. The monoisotopic (exact) mass is 341 g/mol. The molecule has 0 radical (unpaired) electrons. The number of halogens is 3. The Morgan fingerprint density at radius 2 is 1.91 bits per heavy atom. The first kappa shape index (κ1) is 16.6. The normalized spacial score (nSPS) is 11.9. The van der Waals surface area contributed by atoms with Crippen LogP contribution in [-0.4, -0.2) is 12.0 Å². The molecule has 0 heterocycles. The molecule has 6 heteroatoms. The van der Waals surface area contributed by atoms with Crippen molar-refractivity contribution in [1.29, 1.82) is 0 Å². The van der Waals surface area contributed by atoms with Crippen molar-refractivity contribution in [1.82, 2.24) is 0 Å². The second-order valence-electron chi connectivity index (χ2n) is 4.79. The number of amides is 1. The van der Waals surface area contributed by atoms with E-state index in [0.717, 1.165) is 5.56 Å². The van der Waals surface area contributed by atoms with Gasteiger partial charge in [0.05, 0.1) is 5.02 Å². The lowest BCUT2D eigenvalue weighted by molar-refractivity contribution is -0.122. The highest BCUT2D eigenvalue weighted by atomic mass is 35.5. The van der Waals surface area contributed by atoms with E-state index in [0.29, 0.717) is 16.5 Å². The van der Waals surface area contributed by atoms with Crippen LogP contribution < -0.4 is 10.1 Å². The van der Waals surface area contributed by atoms with Gasteiger partial charge in [0.25, 0.3) is 5.91 Å². The molecule has 0 aliphatic heterocycles. The van der Waals surface area contributed by atoms with Gasteiger partial charge < -0.3 is 10.1 Å². The highest BCUT2D eigenvalue weighted by molar-refractivity contribution is 6.31. The predicted molar refractivity (Wildman–Crippen MR) is 86.3 cm³/mol. The van der Waals surface area contributed by atoms with Gasteiger partial charge in [-0.2, -0.15) is 0 Å². The Kier molecular flexibility index (Phi) is 5.27. The average Bonchev–Trinajstić information content (AvgIpc) is 2.46. The Labute approximate surface area is 138 Å². The highest BCUT2D eigenvalue weighted by Crippen LogP contribution is 2.23. The molecule has 3 nitrogen and oxygen atoms in total. The Balaban J connectivity index is 2.02. The molecule has 0 aliphatic rings. The van der Waals surface area contributed by atoms with Crippen LogP contribution >= 0.6 is 23.2 Å². The van der Waals surface area contributed by atoms with Crippen molar-refractivity contribution in [3.05, 3.63) is 57.8 Å². The van der Waals surface area contributed by atoms with Crippen LogP contribution in [0.2, 0.25) is 10.0 Å². The van der Waals surface area contributed by atoms with Crippen LogP contribution in [0, 0.1) is 12.7 Å². The lowest BCUT2D eigenvalue weighted by Gasteiger charge is -2.15. The standard InChI is InChI=1S/C16H14Cl2FNO2/c1-9-7-12(4-5-13(9)17)22-10(2)16(21)20-11-3-6-15(19)14(18)8-11/h3-8,10H,1-2H3,(H,20,21)/t10-/m0/s1. The highest BCUT2D eigenvalue weighted by Gasteiger charge is 2.15. The summed E-state index contributed by atoms with van der Waals surface area (Å²) in [6.45, 7) is 3.46. The molecule has 0 bridgehead atoms. The van der Waals surface area contributed by atoms with Gasteiger partial charge in [-0.15, -0.1) is 0 Å². The number of carbonyl (C=O) groups is 1. The van der Waals surface area contributed by atoms with E-state index in [1.54, 1.807) is 25.1 Å². The minimum Gasteiger partial charge on any atom is -0.481 e. The zero-order valence-electron chi connectivity index (χ0n) is 12.0. The van der Waals surface area contributed by atoms with Crippen LogP contribution in [-0.2, 0) is 4.79 Å². The summed E-state index contributed by atoms with van der Waals surface area (Å²) in [5, 5.41) is 3.19. The van der Waals surface area contributed by atoms with Gasteiger partial charge in [-0.25, -0.2) is 4.39 Å². The molecule has 1 amide bonds. The van der Waals surface area contributed by atoms with E-state index >= 15 is 0 Å². The van der Waals surface area contributed by atoms with E-state index in [4.69, 9.17) is 27.9 Å². The minimum absolute atomic E-state index is 0.0558. The van der Waals surface area contributed by atoms with E-state index in [-0.39, 0.29) is 10.9 Å². The zero-order chi connectivity index (χ0) is 16.3. The zero-order valence-corrected chi connectivity index (χ0v) is 13.5. The second-order valence-corrected chi connectivity index (χ2v) is 5.60. The van der Waals surface area contributed by atoms with Crippen LogP contribution in [0.5, 0.6) is 5.75 Å². The van der Waals surface area contributed by atoms with Gasteiger partial charge in [0.15, 0.2) is 6.10 Å². The van der Waals surface area contributed by atoms with Gasteiger partial charge >= 0.3 is 0 Å². The van der Waals surface area contributed by atoms with Crippen molar-refractivity contribution in [2.24, 2.45) is 0 Å². The summed E-state index contributed by atoms with van der Waals surface area (Å²) in [4.78, 5) is 12.1. The molecule has 0 spiro atoms. The molecule has 0 aromatic heterocycles. The molecule has 0 unspecified atom stereocenters. The van der Waals surface area contributed by atoms with Gasteiger partial charge in [0, 0.05) is 10.7 Å². The van der Waals surface area contributed by atoms with Gasteiger partial charge in [-0.3, -0.25) is 4.79 Å². The lowest BCUT2D eigenvalue weighted by Crippen LogP contribution is -2.30. The second kappa shape index (κ2) is 6.99. The fraction of sp³-hybridized carbons (Fsp3) is 0.188. The SMILES string of the molecule is Cc1cc(O[C@@H](C)C(=O)Nc2ccc(F)c(Cl)c2)ccc1Cl. The van der Waals surface area contributed by atoms with Crippen molar-refractivity contribution in [2.45, 2.75) is 20.0 Å². The summed E-state index contributed by atoms with van der Waals surface area (Å²) in [7, 11) is 0. The molecule has 22 heavy (non-hydrogen) atoms. The van der Waals surface area contributed by atoms with Crippen LogP contribution in [0.25, 0.3) is 0 Å². The Bertz CT molecular complexity index is 707. The molecule has 0 aliphatic carbocycles. The lowest BCUT2D eigenvalue weighted by atomic mass is 10.2. The maximum Gasteiger partial charge on any atom is 0.265 e. The summed E-state index contributed by atoms with van der Waals surface area (Å²) < 4.78 is 18.6. The number of carbonyl (C=O) groups excluding carboxylic acids is 1. The third-order valence-electron chi connectivity index (χ3n) is 3.00. The number of hydrogen-bond donors (Lipinski definition) is 1. The summed E-state index contributed by atoms with van der Waals surface area (Å²) in [6.07, 6.45) is -0.732. The van der Waals surface area contributed by atoms with E-state index in [2.05, 4.69) is 5.32 Å². The molecular weight excluding hydrogens is 328 g/mol. The number of nitrogens with one attached hydrogen (secondary N) is 1. The number of rotatable bonds is 4. The number of ether oxygens (including phenoxy) is 1. The predicted octanol–water partition coefficient (Wildman–Crippen LogP) is 4.85. The molecule has 116 valence electrons. The molecule has 2 aromatic carbocycles. The van der Waals surface area contributed by atoms with E-state index < -0.39 is 11.9 Å². The minimum atomic E-state index is -0.732. The number of aryl methyl sites for hydroxylation is 1. The fourth-order valence-corrected chi connectivity index (χ4v) is 2.06. The Morgan fingerprint density at radius 3 is 2.55 bits per heavy atom. The van der Waals surface area contributed by atoms with E-state index in [9.17, 15) is 9.18 Å². The first-order valence-electron chi connectivity index (χ1n) is 6.55. The number of hydrogen-bond acceptors (Lipinski definition) is 2. The molecule has 2 rings (SSSR count). The number of anilines is 1. The summed E-state index contributed by atoms with van der Waals surface area (Å²) in [6, 6.07) is 9.10. The van der Waals surface area contributed by atoms with Crippen LogP contribution in [0.3, 0.4) is 0 Å². The molecule has 0 saturated carbocycles. The molecule has 1 N–H and O–H groups in total. The van der Waals surface area contributed by atoms with Crippen molar-refractivity contribution < 1.29 is 13.9 Å². The molecule has 1 atom stereocenters. The van der Waals surface area contributed by atoms with Crippen molar-refractivity contribution in [2.75, 3.05) is 5.32 Å². The van der Waals surface area contributed by atoms with E-state index in [1.165, 1.54) is 18.2 Å². The molecular formula is C16H14Cl2FNO2. The quantitative estimate of drug-likeness (QED) is 0.863. The molecule has 0 fully saturated rings. The third kappa shape index (κ3) is 4.12. The van der Waals surface area contributed by atoms with Crippen molar-refractivity contribution in [3.8, 4) is 5.75 Å². The third-order valence-corrected chi connectivity index (χ3v) is 3.71. The molecule has 0 saturated heterocycles. The van der Waals surface area contributed by atoms with Gasteiger partial charge in [-0.05, 0) is 55.8 Å². The fourth-order valence-electron chi connectivity index (χ4n) is 1.77. The summed E-state index contributed by atoms with van der Waals surface area (Å²) in [5.74, 6) is -0.363. The number of benzene rings is 2. The Morgan fingerprint density at radius 1 is 1.18 bits per heavy atom. The summed E-state index contributed by atoms with van der Waals surface area (Å²) in [5.41, 5.74) is 1.26. The largest absolute Gasteiger partial charge is 0.481 e. The first-order valence-corrected chi connectivity index (χ1v) is 7.31. The summed E-state index contributed by atoms with van der Waals surface area (Å²) >= 11 is 11.6. The van der Waals surface area contributed by atoms with Crippen LogP contribution in [0.1, 0.15) is 12.5 Å². The van der Waals surface area contributed by atoms with Gasteiger partial charge in [0.2, 0.25) is 0 Å². The van der Waals surface area contributed by atoms with Crippen molar-refractivity contribution >= 4 is 34.8 Å². The average molecular weight is 342 g/mol. The molecule has 2 aromatic rings. The van der Waals surface area contributed by atoms with Crippen molar-refractivity contribution in [3.63, 3.8) is 0 Å². The first-order chi connectivity index (χ1) is 10.4. The van der Waals surface area contributed by atoms with Gasteiger partial charge in [0.1, 0.15) is 11.6 Å². The van der Waals surface area contributed by atoms with Gasteiger partial charge in [-0.1, -0.05) is 23.2 Å². The van der Waals surface area contributed by atoms with Crippen LogP contribution in [0.15, 0.2) is 36.4 Å². The van der Waals surface area contributed by atoms with Crippen LogP contribution in [0.4, 0.5) is 10.1 Å². The maximum absolute atomic E-state index is 13.1. The maximum atomic E-state index is 13.1. The Hall–Kier alpha value is -1.78.